The molecule has 2 aromatic rings. The second-order valence-electron chi connectivity index (χ2n) is 5.95. The van der Waals surface area contributed by atoms with Crippen LogP contribution in [0.25, 0.3) is 0 Å². The molecule has 4 heteroatoms. The van der Waals surface area contributed by atoms with E-state index in [1.807, 2.05) is 30.3 Å². The zero-order chi connectivity index (χ0) is 16.1. The lowest BCUT2D eigenvalue weighted by Crippen LogP contribution is -2.14. The molecule has 4 nitrogen and oxygen atoms in total. The van der Waals surface area contributed by atoms with E-state index in [2.05, 4.69) is 5.16 Å². The van der Waals surface area contributed by atoms with Crippen LogP contribution in [0.1, 0.15) is 42.7 Å². The second-order valence-corrected chi connectivity index (χ2v) is 5.95. The first kappa shape index (κ1) is 15.4. The fourth-order valence-corrected chi connectivity index (χ4v) is 3.04. The summed E-state index contributed by atoms with van der Waals surface area (Å²) >= 11 is 0. The van der Waals surface area contributed by atoms with Gasteiger partial charge in [-0.3, -0.25) is 0 Å². The van der Waals surface area contributed by atoms with Crippen LogP contribution in [-0.4, -0.2) is 15.9 Å². The Balaban J connectivity index is 1.62. The van der Waals surface area contributed by atoms with Gasteiger partial charge in [0.15, 0.2) is 0 Å². The average Bonchev–Trinajstić information content (AvgIpc) is 2.56. The van der Waals surface area contributed by atoms with Crippen molar-refractivity contribution in [1.29, 1.82) is 0 Å². The smallest absolute Gasteiger partial charge is 0.142 e. The minimum Gasteiger partial charge on any atom is -0.508 e. The minimum atomic E-state index is 0.0853. The van der Waals surface area contributed by atoms with Crippen molar-refractivity contribution in [2.45, 2.75) is 38.2 Å². The van der Waals surface area contributed by atoms with Gasteiger partial charge in [0.25, 0.3) is 0 Å². The molecule has 3 rings (SSSR count). The fraction of sp³-hybridized carbons (Fsp3) is 0.316. The highest BCUT2D eigenvalue weighted by atomic mass is 16.6. The van der Waals surface area contributed by atoms with Crippen molar-refractivity contribution in [3.05, 3.63) is 59.7 Å². The van der Waals surface area contributed by atoms with Crippen molar-refractivity contribution >= 4 is 5.71 Å². The number of rotatable bonds is 4. The van der Waals surface area contributed by atoms with Crippen molar-refractivity contribution in [1.82, 2.24) is 0 Å². The summed E-state index contributed by atoms with van der Waals surface area (Å²) in [6.07, 6.45) is 3.76. The van der Waals surface area contributed by atoms with Gasteiger partial charge < -0.3 is 15.1 Å². The molecule has 1 saturated carbocycles. The summed E-state index contributed by atoms with van der Waals surface area (Å²) in [6.45, 7) is 0.472. The lowest BCUT2D eigenvalue weighted by Gasteiger charge is -2.24. The highest BCUT2D eigenvalue weighted by Crippen LogP contribution is 2.37. The Kier molecular flexibility index (Phi) is 4.81. The third-order valence-corrected chi connectivity index (χ3v) is 4.22. The molecule has 2 aromatic carbocycles. The number of nitrogens with zero attached hydrogens (tertiary/aromatic N) is 1. The first-order valence-electron chi connectivity index (χ1n) is 7.96. The van der Waals surface area contributed by atoms with Crippen LogP contribution in [0.3, 0.4) is 0 Å². The summed E-state index contributed by atoms with van der Waals surface area (Å²) in [5.74, 6) is 0.465. The lowest BCUT2D eigenvalue weighted by atomic mass is 9.82. The summed E-state index contributed by atoms with van der Waals surface area (Å²) < 4.78 is 0. The van der Waals surface area contributed by atoms with Crippen molar-refractivity contribution < 1.29 is 15.1 Å². The number of oxime groups is 1. The molecular weight excluding hydrogens is 290 g/mol. The van der Waals surface area contributed by atoms with Crippen molar-refractivity contribution in [3.63, 3.8) is 0 Å². The van der Waals surface area contributed by atoms with Crippen LogP contribution in [0.4, 0.5) is 0 Å². The average molecular weight is 311 g/mol. The van der Waals surface area contributed by atoms with Crippen LogP contribution < -0.4 is 0 Å². The largest absolute Gasteiger partial charge is 0.508 e. The van der Waals surface area contributed by atoms with Crippen LogP contribution in [0, 0.1) is 0 Å². The van der Waals surface area contributed by atoms with Gasteiger partial charge in [-0.15, -0.1) is 0 Å². The molecule has 0 amide bonds. The van der Waals surface area contributed by atoms with Gasteiger partial charge in [-0.05, 0) is 48.8 Å². The molecule has 0 spiro atoms. The van der Waals surface area contributed by atoms with Crippen LogP contribution in [0.5, 0.6) is 11.5 Å². The quantitative estimate of drug-likeness (QED) is 0.826. The standard InChI is InChI=1S/C19H21NO3/c21-17-9-10-18(19(22)12-17)15-7-4-8-16(11-15)20-23-13-14-5-2-1-3-6-14/h1-3,5-6,9-10,12,15,21-22H,4,7-8,11,13H2. The van der Waals surface area contributed by atoms with E-state index in [9.17, 15) is 10.2 Å². The molecule has 1 unspecified atom stereocenters. The fourth-order valence-electron chi connectivity index (χ4n) is 3.04. The van der Waals surface area contributed by atoms with E-state index < -0.39 is 0 Å². The number of hydrogen-bond acceptors (Lipinski definition) is 4. The predicted octanol–water partition coefficient (Wildman–Crippen LogP) is 4.33. The molecule has 1 atom stereocenters. The highest BCUT2D eigenvalue weighted by Gasteiger charge is 2.22. The van der Waals surface area contributed by atoms with Crippen LogP contribution >= 0.6 is 0 Å². The highest BCUT2D eigenvalue weighted by molar-refractivity contribution is 5.85. The first-order chi connectivity index (χ1) is 11.2. The van der Waals surface area contributed by atoms with Crippen LogP contribution in [0.2, 0.25) is 0 Å². The number of phenolic OH excluding ortho intramolecular Hbond substituents is 2. The monoisotopic (exact) mass is 311 g/mol. The Bertz CT molecular complexity index is 682. The Morgan fingerprint density at radius 3 is 2.70 bits per heavy atom. The topological polar surface area (TPSA) is 62.1 Å². The van der Waals surface area contributed by atoms with Crippen molar-refractivity contribution in [2.24, 2.45) is 5.16 Å². The van der Waals surface area contributed by atoms with Crippen molar-refractivity contribution in [2.75, 3.05) is 0 Å². The molecular formula is C19H21NO3. The minimum absolute atomic E-state index is 0.0853. The molecule has 0 bridgehead atoms. The Labute approximate surface area is 136 Å². The van der Waals surface area contributed by atoms with Gasteiger partial charge in [-0.25, -0.2) is 0 Å². The maximum atomic E-state index is 10.0. The van der Waals surface area contributed by atoms with E-state index in [-0.39, 0.29) is 17.4 Å². The third kappa shape index (κ3) is 4.03. The van der Waals surface area contributed by atoms with E-state index in [1.165, 1.54) is 6.07 Å². The number of phenols is 2. The summed E-state index contributed by atoms with van der Waals surface area (Å²) in [4.78, 5) is 5.48. The lowest BCUT2D eigenvalue weighted by molar-refractivity contribution is 0.128. The summed E-state index contributed by atoms with van der Waals surface area (Å²) in [5.41, 5.74) is 3.00. The van der Waals surface area contributed by atoms with E-state index in [4.69, 9.17) is 4.84 Å². The van der Waals surface area contributed by atoms with Gasteiger partial charge in [0, 0.05) is 6.07 Å². The molecule has 1 fully saturated rings. The molecule has 23 heavy (non-hydrogen) atoms. The second kappa shape index (κ2) is 7.18. The number of benzene rings is 2. The summed E-state index contributed by atoms with van der Waals surface area (Å²) in [7, 11) is 0. The van der Waals surface area contributed by atoms with E-state index >= 15 is 0 Å². The van der Waals surface area contributed by atoms with Gasteiger partial charge in [-0.2, -0.15) is 0 Å². The Hall–Kier alpha value is -2.49. The SMILES string of the molecule is Oc1ccc(C2CCCC(=NOCc3ccccc3)C2)c(O)c1. The third-order valence-electron chi connectivity index (χ3n) is 4.22. The van der Waals surface area contributed by atoms with Gasteiger partial charge in [-0.1, -0.05) is 41.6 Å². The first-order valence-corrected chi connectivity index (χ1v) is 7.96. The van der Waals surface area contributed by atoms with Crippen LogP contribution in [0.15, 0.2) is 53.7 Å². The molecule has 0 aliphatic heterocycles. The molecule has 0 heterocycles. The molecule has 1 aliphatic rings. The molecule has 0 saturated heterocycles. The molecule has 0 radical (unpaired) electrons. The number of aromatic hydroxyl groups is 2. The maximum Gasteiger partial charge on any atom is 0.142 e. The zero-order valence-electron chi connectivity index (χ0n) is 13.0. The van der Waals surface area contributed by atoms with Gasteiger partial charge in [0.1, 0.15) is 18.1 Å². The molecule has 120 valence electrons. The van der Waals surface area contributed by atoms with Crippen LogP contribution in [-0.2, 0) is 11.4 Å². The molecule has 2 N–H and O–H groups in total. The summed E-state index contributed by atoms with van der Waals surface area (Å²) in [6, 6.07) is 14.8. The molecule has 1 aliphatic carbocycles. The molecule has 0 aromatic heterocycles. The number of hydrogen-bond donors (Lipinski definition) is 2. The Morgan fingerprint density at radius 2 is 1.91 bits per heavy atom. The van der Waals surface area contributed by atoms with Gasteiger partial charge in [0.2, 0.25) is 0 Å². The van der Waals surface area contributed by atoms with Crippen molar-refractivity contribution in [3.8, 4) is 11.5 Å². The normalized spacial score (nSPS) is 19.7. The van der Waals surface area contributed by atoms with E-state index in [1.54, 1.807) is 12.1 Å². The van der Waals surface area contributed by atoms with Gasteiger partial charge >= 0.3 is 0 Å². The predicted molar refractivity (Wildman–Crippen MR) is 89.6 cm³/mol. The summed E-state index contributed by atoms with van der Waals surface area (Å²) in [5, 5.41) is 23.7. The zero-order valence-corrected chi connectivity index (χ0v) is 13.0. The van der Waals surface area contributed by atoms with E-state index in [0.717, 1.165) is 42.5 Å². The van der Waals surface area contributed by atoms with Gasteiger partial charge in [0.05, 0.1) is 5.71 Å². The maximum absolute atomic E-state index is 10.0. The van der Waals surface area contributed by atoms with E-state index in [0.29, 0.717) is 6.61 Å². The Morgan fingerprint density at radius 1 is 1.09 bits per heavy atom.